The van der Waals surface area contributed by atoms with Gasteiger partial charge in [-0.1, -0.05) is 0 Å². The van der Waals surface area contributed by atoms with Gasteiger partial charge in [-0.3, -0.25) is 9.69 Å². The van der Waals surface area contributed by atoms with Gasteiger partial charge in [0.15, 0.2) is 5.78 Å². The molecule has 0 spiro atoms. The number of carbonyl (C=O) groups is 1. The molecule has 0 aliphatic carbocycles. The largest absolute Gasteiger partial charge is 0.491 e. The molecule has 3 rings (SSSR count). The number of hydrogen-bond donors (Lipinski definition) is 1. The molecule has 1 aliphatic heterocycles. The van der Waals surface area contributed by atoms with E-state index in [2.05, 4.69) is 23.3 Å². The molecule has 28 heavy (non-hydrogen) atoms. The minimum atomic E-state index is -0.603. The molecule has 2 aromatic rings. The highest BCUT2D eigenvalue weighted by Gasteiger charge is 2.22. The van der Waals surface area contributed by atoms with Crippen molar-refractivity contribution in [1.82, 2.24) is 4.90 Å². The van der Waals surface area contributed by atoms with Crippen LogP contribution in [0.4, 0.5) is 0 Å². The molecule has 0 saturated carbocycles. The van der Waals surface area contributed by atoms with Crippen molar-refractivity contribution in [2.24, 2.45) is 0 Å². The molecule has 1 aromatic heterocycles. The van der Waals surface area contributed by atoms with Crippen molar-refractivity contribution in [2.45, 2.75) is 45.4 Å². The standard InChI is InChI=1S/C22H29NO4S/c1-16-9-11-28-22(16)14-23(13-21-4-3-10-26-21)12-19(25)15-27-20-7-5-18(6-8-20)17(2)24/h5-9,11,19,21,25H,3-4,10,12-15H2,1-2H3. The molecule has 152 valence electrons. The zero-order chi connectivity index (χ0) is 19.9. The summed E-state index contributed by atoms with van der Waals surface area (Å²) in [5, 5.41) is 12.6. The maximum Gasteiger partial charge on any atom is 0.159 e. The molecule has 1 aliphatic rings. The summed E-state index contributed by atoms with van der Waals surface area (Å²) in [7, 11) is 0. The molecule has 1 fully saturated rings. The molecule has 0 amide bonds. The van der Waals surface area contributed by atoms with E-state index in [4.69, 9.17) is 9.47 Å². The van der Waals surface area contributed by atoms with Crippen LogP contribution < -0.4 is 4.74 Å². The normalized spacial score (nSPS) is 17.8. The highest BCUT2D eigenvalue weighted by atomic mass is 32.1. The van der Waals surface area contributed by atoms with Crippen LogP contribution in [-0.2, 0) is 11.3 Å². The number of ether oxygens (including phenoxy) is 2. The van der Waals surface area contributed by atoms with Gasteiger partial charge in [0.1, 0.15) is 18.5 Å². The van der Waals surface area contributed by atoms with E-state index in [0.717, 1.165) is 32.5 Å². The summed E-state index contributed by atoms with van der Waals surface area (Å²) in [5.74, 6) is 0.684. The first kappa shape index (κ1) is 21.0. The Bertz CT molecular complexity index is 752. The summed E-state index contributed by atoms with van der Waals surface area (Å²) < 4.78 is 11.5. The number of hydrogen-bond acceptors (Lipinski definition) is 6. The average molecular weight is 404 g/mol. The van der Waals surface area contributed by atoms with Crippen LogP contribution in [0.15, 0.2) is 35.7 Å². The Kier molecular flexibility index (Phi) is 7.62. The quantitative estimate of drug-likeness (QED) is 0.613. The number of thiophene rings is 1. The van der Waals surface area contributed by atoms with E-state index >= 15 is 0 Å². The minimum absolute atomic E-state index is 0.0280. The van der Waals surface area contributed by atoms with E-state index < -0.39 is 6.10 Å². The summed E-state index contributed by atoms with van der Waals surface area (Å²) >= 11 is 1.75. The lowest BCUT2D eigenvalue weighted by atomic mass is 10.1. The van der Waals surface area contributed by atoms with E-state index in [1.54, 1.807) is 35.6 Å². The second-order valence-corrected chi connectivity index (χ2v) is 8.40. The molecule has 1 aromatic carbocycles. The maximum atomic E-state index is 11.3. The Balaban J connectivity index is 1.54. The minimum Gasteiger partial charge on any atom is -0.491 e. The summed E-state index contributed by atoms with van der Waals surface area (Å²) in [6.45, 7) is 6.87. The summed E-state index contributed by atoms with van der Waals surface area (Å²) in [6, 6.07) is 9.15. The van der Waals surface area contributed by atoms with Crippen LogP contribution in [-0.4, -0.2) is 54.3 Å². The second-order valence-electron chi connectivity index (χ2n) is 7.40. The zero-order valence-corrected chi connectivity index (χ0v) is 17.4. The Labute approximate surface area is 170 Å². The second kappa shape index (κ2) is 10.2. The lowest BCUT2D eigenvalue weighted by molar-refractivity contribution is 0.0316. The summed E-state index contributed by atoms with van der Waals surface area (Å²) in [4.78, 5) is 14.9. The lowest BCUT2D eigenvalue weighted by Gasteiger charge is -2.27. The monoisotopic (exact) mass is 403 g/mol. The van der Waals surface area contributed by atoms with E-state index in [0.29, 0.717) is 17.9 Å². The Morgan fingerprint density at radius 2 is 2.14 bits per heavy atom. The zero-order valence-electron chi connectivity index (χ0n) is 16.6. The van der Waals surface area contributed by atoms with Gasteiger partial charge in [-0.2, -0.15) is 0 Å². The van der Waals surface area contributed by atoms with Crippen LogP contribution in [0.3, 0.4) is 0 Å². The van der Waals surface area contributed by atoms with Gasteiger partial charge < -0.3 is 14.6 Å². The SMILES string of the molecule is CC(=O)c1ccc(OCC(O)CN(Cc2sccc2C)CC2CCCO2)cc1. The molecule has 0 bridgehead atoms. The Morgan fingerprint density at radius 3 is 2.75 bits per heavy atom. The fourth-order valence-electron chi connectivity index (χ4n) is 3.38. The Hall–Kier alpha value is -1.73. The fraction of sp³-hybridized carbons (Fsp3) is 0.500. The van der Waals surface area contributed by atoms with Crippen molar-refractivity contribution < 1.29 is 19.4 Å². The van der Waals surface area contributed by atoms with Gasteiger partial charge >= 0.3 is 0 Å². The van der Waals surface area contributed by atoms with Crippen molar-refractivity contribution in [2.75, 3.05) is 26.3 Å². The van der Waals surface area contributed by atoms with Gasteiger partial charge in [-0.25, -0.2) is 0 Å². The predicted molar refractivity (Wildman–Crippen MR) is 111 cm³/mol. The molecular formula is C22H29NO4S. The van der Waals surface area contributed by atoms with E-state index in [1.165, 1.54) is 17.4 Å². The van der Waals surface area contributed by atoms with Gasteiger partial charge in [0.2, 0.25) is 0 Å². The van der Waals surface area contributed by atoms with Crippen LogP contribution in [0.25, 0.3) is 0 Å². The third kappa shape index (κ3) is 6.14. The van der Waals surface area contributed by atoms with Crippen molar-refractivity contribution in [1.29, 1.82) is 0 Å². The van der Waals surface area contributed by atoms with Crippen LogP contribution in [0.1, 0.15) is 40.6 Å². The predicted octanol–water partition coefficient (Wildman–Crippen LogP) is 3.68. The smallest absolute Gasteiger partial charge is 0.159 e. The lowest BCUT2D eigenvalue weighted by Crippen LogP contribution is -2.39. The maximum absolute atomic E-state index is 11.3. The number of nitrogens with zero attached hydrogens (tertiary/aromatic N) is 1. The summed E-state index contributed by atoms with van der Waals surface area (Å²) in [6.07, 6.45) is 1.83. The topological polar surface area (TPSA) is 59.0 Å². The van der Waals surface area contributed by atoms with Gasteiger partial charge in [0.25, 0.3) is 0 Å². The van der Waals surface area contributed by atoms with Crippen molar-refractivity contribution in [3.05, 3.63) is 51.7 Å². The van der Waals surface area contributed by atoms with Gasteiger partial charge in [0, 0.05) is 36.7 Å². The first-order valence-corrected chi connectivity index (χ1v) is 10.7. The van der Waals surface area contributed by atoms with Crippen LogP contribution in [0.2, 0.25) is 0 Å². The van der Waals surface area contributed by atoms with E-state index in [1.807, 2.05) is 0 Å². The fourth-order valence-corrected chi connectivity index (χ4v) is 4.33. The van der Waals surface area contributed by atoms with Crippen LogP contribution in [0.5, 0.6) is 5.75 Å². The number of rotatable bonds is 10. The number of aliphatic hydroxyl groups is 1. The van der Waals surface area contributed by atoms with Gasteiger partial charge in [-0.15, -0.1) is 11.3 Å². The number of aryl methyl sites for hydroxylation is 1. The number of benzene rings is 1. The van der Waals surface area contributed by atoms with Crippen molar-refractivity contribution >= 4 is 17.1 Å². The first-order valence-electron chi connectivity index (χ1n) is 9.80. The van der Waals surface area contributed by atoms with Crippen molar-refractivity contribution in [3.8, 4) is 5.75 Å². The molecule has 2 heterocycles. The third-order valence-corrected chi connectivity index (χ3v) is 6.00. The molecular weight excluding hydrogens is 374 g/mol. The molecule has 1 saturated heterocycles. The first-order chi connectivity index (χ1) is 13.5. The van der Waals surface area contributed by atoms with E-state index in [-0.39, 0.29) is 18.5 Å². The number of ketones is 1. The summed E-state index contributed by atoms with van der Waals surface area (Å²) in [5.41, 5.74) is 1.94. The number of carbonyl (C=O) groups excluding carboxylic acids is 1. The van der Waals surface area contributed by atoms with Gasteiger partial charge in [-0.05, 0) is 68.0 Å². The van der Waals surface area contributed by atoms with Gasteiger partial charge in [0.05, 0.1) is 6.10 Å². The van der Waals surface area contributed by atoms with Crippen molar-refractivity contribution in [3.63, 3.8) is 0 Å². The Morgan fingerprint density at radius 1 is 1.36 bits per heavy atom. The molecule has 2 atom stereocenters. The molecule has 1 N–H and O–H groups in total. The molecule has 6 heteroatoms. The van der Waals surface area contributed by atoms with Crippen LogP contribution >= 0.6 is 11.3 Å². The van der Waals surface area contributed by atoms with Crippen LogP contribution in [0, 0.1) is 6.92 Å². The third-order valence-electron chi connectivity index (χ3n) is 4.99. The highest BCUT2D eigenvalue weighted by molar-refractivity contribution is 7.10. The molecule has 0 radical (unpaired) electrons. The molecule has 2 unspecified atom stereocenters. The molecule has 5 nitrogen and oxygen atoms in total. The average Bonchev–Trinajstić information content (AvgIpc) is 3.32. The number of aliphatic hydroxyl groups excluding tert-OH is 1. The highest BCUT2D eigenvalue weighted by Crippen LogP contribution is 2.21. The van der Waals surface area contributed by atoms with E-state index in [9.17, 15) is 9.90 Å². The number of Topliss-reactive ketones (excluding diaryl/α,β-unsaturated/α-hetero) is 1.